The lowest BCUT2D eigenvalue weighted by Gasteiger charge is -2.10. The van der Waals surface area contributed by atoms with Gasteiger partial charge in [0, 0.05) is 12.4 Å². The molecule has 136 valence electrons. The molecular weight excluding hydrogens is 369 g/mol. The van der Waals surface area contributed by atoms with E-state index in [1.807, 2.05) is 6.92 Å². The zero-order valence-corrected chi connectivity index (χ0v) is 14.6. The maximum atomic E-state index is 13.1. The molecule has 0 saturated carbocycles. The molecule has 3 aromatic heterocycles. The van der Waals surface area contributed by atoms with E-state index in [1.165, 1.54) is 6.20 Å². The van der Waals surface area contributed by atoms with Crippen molar-refractivity contribution in [2.45, 2.75) is 26.4 Å². The van der Waals surface area contributed by atoms with Gasteiger partial charge in [-0.05, 0) is 37.1 Å². The van der Waals surface area contributed by atoms with E-state index < -0.39 is 17.6 Å². The summed E-state index contributed by atoms with van der Waals surface area (Å²) >= 11 is 5.97. The number of alkyl halides is 3. The van der Waals surface area contributed by atoms with Gasteiger partial charge < -0.3 is 5.32 Å². The van der Waals surface area contributed by atoms with Crippen molar-refractivity contribution in [1.29, 1.82) is 0 Å². The second-order valence-corrected chi connectivity index (χ2v) is 6.11. The number of halogens is 4. The zero-order chi connectivity index (χ0) is 19.1. The van der Waals surface area contributed by atoms with E-state index >= 15 is 0 Å². The standard InChI is InChI=1S/C17H14ClF3N4O/c1-3-12-14(16(26)24-13-6-9(2)4-5-22-13)25-8-10(17(19,20)21)7-11(18)15(25)23-12/h4-8H,3H2,1-2H3,(H,22,24,26). The SMILES string of the molecule is CCc1nc2c(Cl)cc(C(F)(F)F)cn2c1C(=O)Nc1cc(C)ccn1. The number of hydrogen-bond acceptors (Lipinski definition) is 3. The van der Waals surface area contributed by atoms with Crippen molar-refractivity contribution < 1.29 is 18.0 Å². The largest absolute Gasteiger partial charge is 0.417 e. The first-order valence-electron chi connectivity index (χ1n) is 7.72. The predicted octanol–water partition coefficient (Wildman–Crippen LogP) is 4.52. The number of pyridine rings is 2. The van der Waals surface area contributed by atoms with Crippen molar-refractivity contribution in [3.8, 4) is 0 Å². The molecule has 0 atom stereocenters. The molecule has 0 aliphatic rings. The number of nitrogens with zero attached hydrogens (tertiary/aromatic N) is 3. The van der Waals surface area contributed by atoms with Gasteiger partial charge in [0.05, 0.1) is 16.3 Å². The first-order chi connectivity index (χ1) is 12.2. The van der Waals surface area contributed by atoms with E-state index in [0.29, 0.717) is 17.9 Å². The van der Waals surface area contributed by atoms with Gasteiger partial charge in [0.1, 0.15) is 11.5 Å². The van der Waals surface area contributed by atoms with Gasteiger partial charge in [0.2, 0.25) is 0 Å². The molecule has 0 fully saturated rings. The third-order valence-corrected chi connectivity index (χ3v) is 4.06. The predicted molar refractivity (Wildman–Crippen MR) is 91.5 cm³/mol. The molecule has 1 N–H and O–H groups in total. The normalized spacial score (nSPS) is 11.8. The van der Waals surface area contributed by atoms with Crippen molar-refractivity contribution >= 4 is 29.0 Å². The highest BCUT2D eigenvalue weighted by atomic mass is 35.5. The highest BCUT2D eigenvalue weighted by molar-refractivity contribution is 6.33. The molecule has 0 saturated heterocycles. The van der Waals surface area contributed by atoms with Crippen LogP contribution in [0, 0.1) is 6.92 Å². The van der Waals surface area contributed by atoms with Gasteiger partial charge in [-0.1, -0.05) is 18.5 Å². The highest BCUT2D eigenvalue weighted by Crippen LogP contribution is 2.33. The minimum atomic E-state index is -4.60. The van der Waals surface area contributed by atoms with E-state index in [2.05, 4.69) is 15.3 Å². The fraction of sp³-hybridized carbons (Fsp3) is 0.235. The van der Waals surface area contributed by atoms with Crippen LogP contribution >= 0.6 is 11.6 Å². The van der Waals surface area contributed by atoms with Crippen LogP contribution < -0.4 is 5.32 Å². The van der Waals surface area contributed by atoms with E-state index in [4.69, 9.17) is 11.6 Å². The van der Waals surface area contributed by atoms with Gasteiger partial charge in [-0.2, -0.15) is 13.2 Å². The fourth-order valence-electron chi connectivity index (χ4n) is 2.57. The molecular formula is C17H14ClF3N4O. The third-order valence-electron chi connectivity index (χ3n) is 3.78. The Kier molecular flexibility index (Phi) is 4.62. The molecule has 3 rings (SSSR count). The van der Waals surface area contributed by atoms with E-state index in [1.54, 1.807) is 19.1 Å². The Labute approximate surface area is 151 Å². The number of amides is 1. The summed E-state index contributed by atoms with van der Waals surface area (Å²) < 4.78 is 40.4. The monoisotopic (exact) mass is 382 g/mol. The maximum Gasteiger partial charge on any atom is 0.417 e. The molecule has 0 radical (unpaired) electrons. The lowest BCUT2D eigenvalue weighted by atomic mass is 10.2. The first kappa shape index (κ1) is 18.2. The van der Waals surface area contributed by atoms with Gasteiger partial charge in [-0.25, -0.2) is 9.97 Å². The number of imidazole rings is 1. The number of anilines is 1. The number of aromatic nitrogens is 3. The zero-order valence-electron chi connectivity index (χ0n) is 13.9. The van der Waals surface area contributed by atoms with Crippen LogP contribution in [0.15, 0.2) is 30.6 Å². The Morgan fingerprint density at radius 2 is 2.08 bits per heavy atom. The number of aryl methyl sites for hydroxylation is 2. The molecule has 0 unspecified atom stereocenters. The Morgan fingerprint density at radius 1 is 1.35 bits per heavy atom. The Hall–Kier alpha value is -2.61. The first-order valence-corrected chi connectivity index (χ1v) is 8.10. The second-order valence-electron chi connectivity index (χ2n) is 5.70. The highest BCUT2D eigenvalue weighted by Gasteiger charge is 2.33. The van der Waals surface area contributed by atoms with Crippen LogP contribution in [0.2, 0.25) is 5.02 Å². The van der Waals surface area contributed by atoms with Gasteiger partial charge >= 0.3 is 6.18 Å². The number of carbonyl (C=O) groups is 1. The number of carbonyl (C=O) groups excluding carboxylic acids is 1. The maximum absolute atomic E-state index is 13.1. The molecule has 9 heteroatoms. The molecule has 0 aromatic carbocycles. The molecule has 1 amide bonds. The summed E-state index contributed by atoms with van der Waals surface area (Å²) in [5.41, 5.74) is 0.360. The quantitative estimate of drug-likeness (QED) is 0.724. The van der Waals surface area contributed by atoms with Crippen molar-refractivity contribution in [1.82, 2.24) is 14.4 Å². The molecule has 5 nitrogen and oxygen atoms in total. The van der Waals surface area contributed by atoms with Crippen LogP contribution in [-0.2, 0) is 12.6 Å². The fourth-order valence-corrected chi connectivity index (χ4v) is 2.82. The van der Waals surface area contributed by atoms with Gasteiger partial charge in [-0.15, -0.1) is 0 Å². The van der Waals surface area contributed by atoms with Gasteiger partial charge in [0.15, 0.2) is 5.65 Å². The van der Waals surface area contributed by atoms with Crippen molar-refractivity contribution in [3.05, 3.63) is 58.1 Å². The van der Waals surface area contributed by atoms with E-state index in [-0.39, 0.29) is 16.4 Å². The van der Waals surface area contributed by atoms with Crippen LogP contribution in [0.1, 0.15) is 34.2 Å². The second kappa shape index (κ2) is 6.60. The Morgan fingerprint density at radius 3 is 2.69 bits per heavy atom. The molecule has 3 aromatic rings. The van der Waals surface area contributed by atoms with E-state index in [0.717, 1.165) is 22.2 Å². The van der Waals surface area contributed by atoms with Gasteiger partial charge in [0.25, 0.3) is 5.91 Å². The molecule has 26 heavy (non-hydrogen) atoms. The Bertz CT molecular complexity index is 998. The molecule has 0 spiro atoms. The lowest BCUT2D eigenvalue weighted by molar-refractivity contribution is -0.137. The van der Waals surface area contributed by atoms with Crippen molar-refractivity contribution in [2.24, 2.45) is 0 Å². The summed E-state index contributed by atoms with van der Waals surface area (Å²) in [5.74, 6) is -0.312. The summed E-state index contributed by atoms with van der Waals surface area (Å²) in [4.78, 5) is 21.0. The third kappa shape index (κ3) is 3.37. The van der Waals surface area contributed by atoms with Crippen LogP contribution in [-0.4, -0.2) is 20.3 Å². The summed E-state index contributed by atoms with van der Waals surface area (Å²) in [6, 6.07) is 4.21. The van der Waals surface area contributed by atoms with Gasteiger partial charge in [-0.3, -0.25) is 9.20 Å². The van der Waals surface area contributed by atoms with Crippen LogP contribution in [0.25, 0.3) is 5.65 Å². The number of hydrogen-bond donors (Lipinski definition) is 1. The minimum absolute atomic E-state index is 0.00111. The van der Waals surface area contributed by atoms with Crippen molar-refractivity contribution in [3.63, 3.8) is 0 Å². The average molecular weight is 383 g/mol. The van der Waals surface area contributed by atoms with Crippen LogP contribution in [0.3, 0.4) is 0 Å². The number of rotatable bonds is 3. The minimum Gasteiger partial charge on any atom is -0.305 e. The Balaban J connectivity index is 2.14. The lowest BCUT2D eigenvalue weighted by Crippen LogP contribution is -2.18. The number of fused-ring (bicyclic) bond motifs is 1. The molecule has 0 bridgehead atoms. The smallest absolute Gasteiger partial charge is 0.305 e. The average Bonchev–Trinajstić information content (AvgIpc) is 2.93. The van der Waals surface area contributed by atoms with Crippen LogP contribution in [0.4, 0.5) is 19.0 Å². The topological polar surface area (TPSA) is 59.3 Å². The summed E-state index contributed by atoms with van der Waals surface area (Å²) in [6.07, 6.45) is -1.89. The van der Waals surface area contributed by atoms with E-state index in [9.17, 15) is 18.0 Å². The summed E-state index contributed by atoms with van der Waals surface area (Å²) in [5, 5.41) is 2.42. The molecule has 3 heterocycles. The van der Waals surface area contributed by atoms with Crippen LogP contribution in [0.5, 0.6) is 0 Å². The molecule has 0 aliphatic carbocycles. The molecule has 0 aliphatic heterocycles. The number of nitrogens with one attached hydrogen (secondary N) is 1. The van der Waals surface area contributed by atoms with Crippen molar-refractivity contribution in [2.75, 3.05) is 5.32 Å². The summed E-state index contributed by atoms with van der Waals surface area (Å²) in [7, 11) is 0. The summed E-state index contributed by atoms with van der Waals surface area (Å²) in [6.45, 7) is 3.58.